The van der Waals surface area contributed by atoms with E-state index in [1.54, 1.807) is 0 Å². The minimum atomic E-state index is 0.442. The fourth-order valence-electron chi connectivity index (χ4n) is 2.41. The first-order chi connectivity index (χ1) is 8.33. The van der Waals surface area contributed by atoms with Gasteiger partial charge in [-0.15, -0.1) is 0 Å². The Labute approximate surface area is 104 Å². The topological polar surface area (TPSA) is 15.3 Å². The third-order valence-corrected chi connectivity index (χ3v) is 3.44. The zero-order valence-electron chi connectivity index (χ0n) is 10.8. The molecule has 1 saturated heterocycles. The fourth-order valence-corrected chi connectivity index (χ4v) is 2.41. The lowest BCUT2D eigenvalue weighted by atomic mass is 9.97. The summed E-state index contributed by atoms with van der Waals surface area (Å²) in [5.41, 5.74) is 1.38. The molecule has 2 aliphatic rings. The van der Waals surface area contributed by atoms with Gasteiger partial charge in [-0.1, -0.05) is 43.4 Å². The Morgan fingerprint density at radius 2 is 2.35 bits per heavy atom. The molecule has 92 valence electrons. The average Bonchev–Trinajstić information content (AvgIpc) is 2.73. The zero-order valence-corrected chi connectivity index (χ0v) is 10.8. The summed E-state index contributed by atoms with van der Waals surface area (Å²) in [4.78, 5) is 2.37. The molecule has 1 heterocycles. The maximum Gasteiger partial charge on any atom is 0.0859 e. The van der Waals surface area contributed by atoms with Gasteiger partial charge in [-0.2, -0.15) is 0 Å². The third kappa shape index (κ3) is 2.89. The fraction of sp³-hybridized carbons (Fsp3) is 0.467. The van der Waals surface area contributed by atoms with Gasteiger partial charge in [0.05, 0.1) is 6.17 Å². The van der Waals surface area contributed by atoms with Gasteiger partial charge >= 0.3 is 0 Å². The lowest BCUT2D eigenvalue weighted by Crippen LogP contribution is -2.39. The largest absolute Gasteiger partial charge is 0.361 e. The van der Waals surface area contributed by atoms with Crippen LogP contribution >= 0.6 is 0 Å². The summed E-state index contributed by atoms with van der Waals surface area (Å²) in [7, 11) is 2.18. The van der Waals surface area contributed by atoms with E-state index in [0.717, 1.165) is 19.4 Å². The molecule has 2 atom stereocenters. The number of nitrogens with one attached hydrogen (secondary N) is 1. The molecule has 1 aliphatic carbocycles. The number of hydrogen-bond acceptors (Lipinski definition) is 2. The van der Waals surface area contributed by atoms with Gasteiger partial charge in [0.15, 0.2) is 0 Å². The Morgan fingerprint density at radius 1 is 1.47 bits per heavy atom. The average molecular weight is 230 g/mol. The van der Waals surface area contributed by atoms with Gasteiger partial charge in [0.1, 0.15) is 0 Å². The van der Waals surface area contributed by atoms with Crippen LogP contribution in [-0.2, 0) is 0 Å². The predicted molar refractivity (Wildman–Crippen MR) is 73.5 cm³/mol. The summed E-state index contributed by atoms with van der Waals surface area (Å²) in [6.07, 6.45) is 18.1. The van der Waals surface area contributed by atoms with Gasteiger partial charge in [0.25, 0.3) is 0 Å². The molecule has 2 rings (SSSR count). The summed E-state index contributed by atoms with van der Waals surface area (Å²) in [5, 5.41) is 3.59. The van der Waals surface area contributed by atoms with Crippen LogP contribution in [0.5, 0.6) is 0 Å². The summed E-state index contributed by atoms with van der Waals surface area (Å²) in [6.45, 7) is 3.14. The van der Waals surface area contributed by atoms with Crippen molar-refractivity contribution in [3.05, 3.63) is 48.2 Å². The summed E-state index contributed by atoms with van der Waals surface area (Å²) in [6, 6.07) is 0. The third-order valence-electron chi connectivity index (χ3n) is 3.44. The Kier molecular flexibility index (Phi) is 4.21. The Hall–Kier alpha value is -1.28. The van der Waals surface area contributed by atoms with E-state index in [-0.39, 0.29) is 0 Å². The second-order valence-electron chi connectivity index (χ2n) is 4.64. The first-order valence-corrected chi connectivity index (χ1v) is 6.48. The van der Waals surface area contributed by atoms with Gasteiger partial charge < -0.3 is 4.90 Å². The van der Waals surface area contributed by atoms with Crippen LogP contribution in [-0.4, -0.2) is 24.7 Å². The van der Waals surface area contributed by atoms with Crippen molar-refractivity contribution >= 4 is 0 Å². The normalized spacial score (nSPS) is 30.9. The minimum Gasteiger partial charge on any atom is -0.361 e. The van der Waals surface area contributed by atoms with E-state index >= 15 is 0 Å². The van der Waals surface area contributed by atoms with Crippen LogP contribution in [0.25, 0.3) is 0 Å². The number of hydrogen-bond donors (Lipinski definition) is 1. The standard InChI is InChI=1S/C15H22N2/c1-3-4-6-11-14-12-16-15(17(14)2)13-9-7-5-8-10-13/h4-9,11,13,15-16H,3,10,12H2,1-2H3/b6-4-,14-11+. The molecule has 0 radical (unpaired) electrons. The van der Waals surface area contributed by atoms with Crippen LogP contribution in [0.15, 0.2) is 48.2 Å². The molecule has 2 unspecified atom stereocenters. The molecule has 0 saturated carbocycles. The van der Waals surface area contributed by atoms with Crippen LogP contribution in [0.4, 0.5) is 0 Å². The highest BCUT2D eigenvalue weighted by atomic mass is 15.3. The molecule has 0 aromatic carbocycles. The van der Waals surface area contributed by atoms with Gasteiger partial charge in [0, 0.05) is 25.2 Å². The lowest BCUT2D eigenvalue weighted by Gasteiger charge is -2.28. The van der Waals surface area contributed by atoms with Crippen molar-refractivity contribution in [3.8, 4) is 0 Å². The van der Waals surface area contributed by atoms with E-state index in [1.807, 2.05) is 0 Å². The molecule has 17 heavy (non-hydrogen) atoms. The summed E-state index contributed by atoms with van der Waals surface area (Å²) < 4.78 is 0. The smallest absolute Gasteiger partial charge is 0.0859 e. The predicted octanol–water partition coefficient (Wildman–Crippen LogP) is 2.83. The Bertz CT molecular complexity index is 363. The maximum absolute atomic E-state index is 3.59. The van der Waals surface area contributed by atoms with Gasteiger partial charge in [-0.25, -0.2) is 0 Å². The van der Waals surface area contributed by atoms with E-state index in [4.69, 9.17) is 0 Å². The van der Waals surface area contributed by atoms with Gasteiger partial charge in [-0.05, 0) is 18.9 Å². The molecule has 2 nitrogen and oxygen atoms in total. The molecule has 1 fully saturated rings. The Morgan fingerprint density at radius 3 is 3.06 bits per heavy atom. The Balaban J connectivity index is 1.99. The van der Waals surface area contributed by atoms with Crippen molar-refractivity contribution in [2.45, 2.75) is 25.9 Å². The van der Waals surface area contributed by atoms with E-state index in [2.05, 4.69) is 66.7 Å². The quantitative estimate of drug-likeness (QED) is 0.802. The highest BCUT2D eigenvalue weighted by Gasteiger charge is 2.29. The highest BCUT2D eigenvalue weighted by molar-refractivity contribution is 5.20. The molecule has 2 heteroatoms. The van der Waals surface area contributed by atoms with Gasteiger partial charge in [0.2, 0.25) is 0 Å². The van der Waals surface area contributed by atoms with Crippen LogP contribution in [0.1, 0.15) is 19.8 Å². The molecule has 1 N–H and O–H groups in total. The van der Waals surface area contributed by atoms with Crippen molar-refractivity contribution in [2.24, 2.45) is 5.92 Å². The SMILES string of the molecule is CC/C=C\C=C1/CNC(C2C=CC=CC2)N1C. The second kappa shape index (κ2) is 5.87. The van der Waals surface area contributed by atoms with E-state index in [1.165, 1.54) is 5.70 Å². The molecule has 1 aliphatic heterocycles. The molecule has 0 bridgehead atoms. The number of rotatable bonds is 3. The van der Waals surface area contributed by atoms with Crippen molar-refractivity contribution in [2.75, 3.05) is 13.6 Å². The minimum absolute atomic E-state index is 0.442. The monoisotopic (exact) mass is 230 g/mol. The van der Waals surface area contributed by atoms with Crippen molar-refractivity contribution < 1.29 is 0 Å². The van der Waals surface area contributed by atoms with E-state index in [9.17, 15) is 0 Å². The molecule has 0 aromatic rings. The van der Waals surface area contributed by atoms with Crippen molar-refractivity contribution in [1.82, 2.24) is 10.2 Å². The van der Waals surface area contributed by atoms with Crippen LogP contribution in [0.2, 0.25) is 0 Å². The maximum atomic E-state index is 3.59. The molecule has 0 amide bonds. The van der Waals surface area contributed by atoms with Crippen molar-refractivity contribution in [3.63, 3.8) is 0 Å². The number of nitrogens with zero attached hydrogens (tertiary/aromatic N) is 1. The van der Waals surface area contributed by atoms with Crippen LogP contribution < -0.4 is 5.32 Å². The molecular weight excluding hydrogens is 208 g/mol. The molecular formula is C15H22N2. The molecule has 0 spiro atoms. The summed E-state index contributed by atoms with van der Waals surface area (Å²) in [5.74, 6) is 0.589. The second-order valence-corrected chi connectivity index (χ2v) is 4.64. The summed E-state index contributed by atoms with van der Waals surface area (Å²) >= 11 is 0. The van der Waals surface area contributed by atoms with Crippen LogP contribution in [0, 0.1) is 5.92 Å². The first-order valence-electron chi connectivity index (χ1n) is 6.48. The van der Waals surface area contributed by atoms with Gasteiger partial charge in [-0.3, -0.25) is 5.32 Å². The number of allylic oxidation sites excluding steroid dienone is 6. The lowest BCUT2D eigenvalue weighted by molar-refractivity contribution is 0.263. The highest BCUT2D eigenvalue weighted by Crippen LogP contribution is 2.24. The number of likely N-dealkylation sites (N-methyl/N-ethyl adjacent to an activating group) is 1. The first kappa shape index (κ1) is 12.2. The zero-order chi connectivity index (χ0) is 12.1. The van der Waals surface area contributed by atoms with Crippen molar-refractivity contribution in [1.29, 1.82) is 0 Å². The molecule has 0 aromatic heterocycles. The van der Waals surface area contributed by atoms with E-state index in [0.29, 0.717) is 12.1 Å². The van der Waals surface area contributed by atoms with E-state index < -0.39 is 0 Å². The van der Waals surface area contributed by atoms with Crippen LogP contribution in [0.3, 0.4) is 0 Å².